The molecule has 1 heterocycles. The maximum atomic E-state index is 12.7. The van der Waals surface area contributed by atoms with Crippen LogP contribution >= 0.6 is 23.2 Å². The lowest BCUT2D eigenvalue weighted by Crippen LogP contribution is -2.50. The predicted octanol–water partition coefficient (Wildman–Crippen LogP) is 3.88. The first kappa shape index (κ1) is 24.8. The molecule has 3 rings (SSSR count). The van der Waals surface area contributed by atoms with Crippen molar-refractivity contribution in [1.29, 1.82) is 0 Å². The van der Waals surface area contributed by atoms with E-state index >= 15 is 0 Å². The summed E-state index contributed by atoms with van der Waals surface area (Å²) in [7, 11) is -2.49. The molecule has 1 fully saturated rings. The molecule has 0 spiro atoms. The van der Waals surface area contributed by atoms with Crippen molar-refractivity contribution >= 4 is 39.2 Å². The number of hydrogen-bond acceptors (Lipinski definition) is 6. The first-order valence-corrected chi connectivity index (χ1v) is 12.5. The third-order valence-corrected chi connectivity index (χ3v) is 7.47. The Morgan fingerprint density at radius 1 is 1.06 bits per heavy atom. The van der Waals surface area contributed by atoms with Crippen molar-refractivity contribution in [3.63, 3.8) is 0 Å². The Hall–Kier alpha value is -1.84. The minimum atomic E-state index is -3.80. The molecule has 1 aliphatic heterocycles. The zero-order valence-corrected chi connectivity index (χ0v) is 20.0. The number of carbonyl (C=O) groups excluding carboxylic acids is 1. The van der Waals surface area contributed by atoms with Gasteiger partial charge in [-0.2, -0.15) is 0 Å². The number of sulfonamides is 1. The van der Waals surface area contributed by atoms with Crippen LogP contribution in [0.4, 0.5) is 0 Å². The number of halogens is 2. The van der Waals surface area contributed by atoms with Gasteiger partial charge < -0.3 is 9.47 Å². The Morgan fingerprint density at radius 3 is 2.38 bits per heavy atom. The number of likely N-dealkylation sites (tertiary alicyclic amines) is 1. The van der Waals surface area contributed by atoms with Gasteiger partial charge in [0.25, 0.3) is 0 Å². The molecule has 0 saturated carbocycles. The molecule has 10 heteroatoms. The smallest absolute Gasteiger partial charge is 0.324 e. The minimum absolute atomic E-state index is 0.0510. The summed E-state index contributed by atoms with van der Waals surface area (Å²) in [5, 5.41) is 0.905. The lowest BCUT2D eigenvalue weighted by Gasteiger charge is -2.32. The highest BCUT2D eigenvalue weighted by Gasteiger charge is 2.29. The van der Waals surface area contributed by atoms with Gasteiger partial charge in [0, 0.05) is 6.54 Å². The van der Waals surface area contributed by atoms with E-state index in [9.17, 15) is 13.2 Å². The van der Waals surface area contributed by atoms with Crippen molar-refractivity contribution in [2.75, 3.05) is 26.7 Å². The van der Waals surface area contributed by atoms with Crippen molar-refractivity contribution in [2.24, 2.45) is 0 Å². The van der Waals surface area contributed by atoms with Crippen molar-refractivity contribution < 1.29 is 22.7 Å². The van der Waals surface area contributed by atoms with E-state index in [1.165, 1.54) is 19.2 Å². The van der Waals surface area contributed by atoms with E-state index in [-0.39, 0.29) is 18.0 Å². The quantitative estimate of drug-likeness (QED) is 0.525. The van der Waals surface area contributed by atoms with Crippen LogP contribution in [0.2, 0.25) is 10.0 Å². The molecular formula is C22H26Cl2N2O5S. The zero-order valence-electron chi connectivity index (χ0n) is 17.7. The molecule has 0 aliphatic carbocycles. The zero-order chi connectivity index (χ0) is 23.1. The van der Waals surface area contributed by atoms with Crippen molar-refractivity contribution in [2.45, 2.75) is 36.8 Å². The highest BCUT2D eigenvalue weighted by molar-refractivity contribution is 7.89. The summed E-state index contributed by atoms with van der Waals surface area (Å²) in [6.45, 7) is 1.70. The highest BCUT2D eigenvalue weighted by Crippen LogP contribution is 2.24. The van der Waals surface area contributed by atoms with Crippen molar-refractivity contribution in [3.8, 4) is 5.75 Å². The van der Waals surface area contributed by atoms with E-state index in [0.717, 1.165) is 37.9 Å². The van der Waals surface area contributed by atoms with Gasteiger partial charge in [0.15, 0.2) is 0 Å². The molecule has 1 aliphatic rings. The maximum absolute atomic E-state index is 12.7. The predicted molar refractivity (Wildman–Crippen MR) is 124 cm³/mol. The number of carbonyl (C=O) groups is 1. The molecular weight excluding hydrogens is 475 g/mol. The van der Waals surface area contributed by atoms with Gasteiger partial charge in [-0.1, -0.05) is 35.7 Å². The number of piperidine rings is 1. The lowest BCUT2D eigenvalue weighted by atomic mass is 10.1. The van der Waals surface area contributed by atoms with E-state index in [4.69, 9.17) is 32.7 Å². The molecule has 2 aromatic carbocycles. The van der Waals surface area contributed by atoms with E-state index in [1.54, 1.807) is 30.3 Å². The van der Waals surface area contributed by atoms with Crippen LogP contribution in [0.25, 0.3) is 0 Å². The summed E-state index contributed by atoms with van der Waals surface area (Å²) in [5.41, 5.74) is 0.837. The van der Waals surface area contributed by atoms with E-state index in [0.29, 0.717) is 15.8 Å². The van der Waals surface area contributed by atoms with Gasteiger partial charge in [-0.15, -0.1) is 0 Å². The minimum Gasteiger partial charge on any atom is -0.489 e. The molecule has 0 amide bonds. The van der Waals surface area contributed by atoms with E-state index in [1.807, 2.05) is 4.90 Å². The van der Waals surface area contributed by atoms with Gasteiger partial charge in [0.05, 0.1) is 22.1 Å². The summed E-state index contributed by atoms with van der Waals surface area (Å²) < 4.78 is 38.6. The summed E-state index contributed by atoms with van der Waals surface area (Å²) >= 11 is 11.9. The number of nitrogens with zero attached hydrogens (tertiary/aromatic N) is 1. The molecule has 0 aromatic heterocycles. The second kappa shape index (κ2) is 11.3. The van der Waals surface area contributed by atoms with Crippen LogP contribution in [0.5, 0.6) is 5.75 Å². The number of nitrogens with one attached hydrogen (secondary N) is 1. The maximum Gasteiger partial charge on any atom is 0.324 e. The molecule has 0 radical (unpaired) electrons. The molecule has 1 unspecified atom stereocenters. The van der Waals surface area contributed by atoms with Crippen molar-refractivity contribution in [1.82, 2.24) is 9.62 Å². The normalized spacial score (nSPS) is 15.8. The Morgan fingerprint density at radius 2 is 1.75 bits per heavy atom. The van der Waals surface area contributed by atoms with Gasteiger partial charge in [-0.3, -0.25) is 9.69 Å². The molecule has 1 N–H and O–H groups in total. The number of benzene rings is 2. The molecule has 2 aromatic rings. The van der Waals surface area contributed by atoms with Gasteiger partial charge in [-0.05, 0) is 67.9 Å². The van der Waals surface area contributed by atoms with Gasteiger partial charge in [0.1, 0.15) is 18.4 Å². The SMILES string of the molecule is COC(=O)C(CNS(=O)(=O)c1ccc(OCc2ccc(Cl)c(Cl)c2)cc1)N1CCCCC1. The Kier molecular flexibility index (Phi) is 8.79. The summed E-state index contributed by atoms with van der Waals surface area (Å²) in [5.74, 6) is 0.0661. The third kappa shape index (κ3) is 6.59. The van der Waals surface area contributed by atoms with Crippen LogP contribution < -0.4 is 9.46 Å². The average molecular weight is 501 g/mol. The fourth-order valence-electron chi connectivity index (χ4n) is 3.51. The van der Waals surface area contributed by atoms with Crippen LogP contribution in [-0.4, -0.2) is 52.1 Å². The highest BCUT2D eigenvalue weighted by atomic mass is 35.5. The Balaban J connectivity index is 1.60. The summed E-state index contributed by atoms with van der Waals surface area (Å²) in [6.07, 6.45) is 3.06. The van der Waals surface area contributed by atoms with E-state index < -0.39 is 22.0 Å². The molecule has 1 saturated heterocycles. The van der Waals surface area contributed by atoms with Crippen LogP contribution in [-0.2, 0) is 26.2 Å². The molecule has 174 valence electrons. The number of esters is 1. The number of rotatable bonds is 9. The molecule has 0 bridgehead atoms. The number of methoxy groups -OCH3 is 1. The van der Waals surface area contributed by atoms with Gasteiger partial charge in [0.2, 0.25) is 10.0 Å². The van der Waals surface area contributed by atoms with Crippen molar-refractivity contribution in [3.05, 3.63) is 58.1 Å². The standard InChI is InChI=1S/C22H26Cl2N2O5S/c1-30-22(27)21(26-11-3-2-4-12-26)14-25-32(28,29)18-8-6-17(7-9-18)31-15-16-5-10-19(23)20(24)13-16/h5-10,13,21,25H,2-4,11-12,14-15H2,1H3. The van der Waals surface area contributed by atoms with Crippen LogP contribution in [0.3, 0.4) is 0 Å². The summed E-state index contributed by atoms with van der Waals surface area (Å²) in [4.78, 5) is 14.3. The lowest BCUT2D eigenvalue weighted by molar-refractivity contribution is -0.147. The molecule has 7 nitrogen and oxygen atoms in total. The second-order valence-corrected chi connectivity index (χ2v) is 10.1. The number of hydrogen-bond donors (Lipinski definition) is 1. The van der Waals surface area contributed by atoms with Crippen LogP contribution in [0, 0.1) is 0 Å². The third-order valence-electron chi connectivity index (χ3n) is 5.29. The topological polar surface area (TPSA) is 84.9 Å². The largest absolute Gasteiger partial charge is 0.489 e. The number of ether oxygens (including phenoxy) is 2. The average Bonchev–Trinajstić information content (AvgIpc) is 2.80. The molecule has 1 atom stereocenters. The fourth-order valence-corrected chi connectivity index (χ4v) is 4.87. The first-order valence-electron chi connectivity index (χ1n) is 10.3. The summed E-state index contributed by atoms with van der Waals surface area (Å²) in [6, 6.07) is 10.6. The second-order valence-electron chi connectivity index (χ2n) is 7.50. The Bertz CT molecular complexity index is 1030. The molecule has 32 heavy (non-hydrogen) atoms. The first-order chi connectivity index (χ1) is 15.3. The monoisotopic (exact) mass is 500 g/mol. The van der Waals surface area contributed by atoms with E-state index in [2.05, 4.69) is 4.72 Å². The Labute approximate surface area is 198 Å². The van der Waals surface area contributed by atoms with Gasteiger partial charge in [-0.25, -0.2) is 13.1 Å². The van der Waals surface area contributed by atoms with Crippen LogP contribution in [0.1, 0.15) is 24.8 Å². The van der Waals surface area contributed by atoms with Gasteiger partial charge >= 0.3 is 5.97 Å². The van der Waals surface area contributed by atoms with Crippen LogP contribution in [0.15, 0.2) is 47.4 Å². The fraction of sp³-hybridized carbons (Fsp3) is 0.409.